The fourth-order valence-corrected chi connectivity index (χ4v) is 3.03. The molecule has 3 rings (SSSR count). The van der Waals surface area contributed by atoms with Gasteiger partial charge in [-0.05, 0) is 24.8 Å². The number of fused-ring (bicyclic) bond motifs is 1. The number of pyridine rings is 1. The summed E-state index contributed by atoms with van der Waals surface area (Å²) in [5.74, 6) is 0.620. The van der Waals surface area contributed by atoms with Gasteiger partial charge in [-0.3, -0.25) is 9.59 Å². The number of nitrogens with zero attached hydrogens (tertiary/aromatic N) is 1. The molecule has 5 heteroatoms. The van der Waals surface area contributed by atoms with Crippen molar-refractivity contribution < 1.29 is 4.79 Å². The highest BCUT2D eigenvalue weighted by atomic mass is 16.2. The Kier molecular flexibility index (Phi) is 2.91. The Morgan fingerprint density at radius 3 is 3.00 bits per heavy atom. The van der Waals surface area contributed by atoms with E-state index >= 15 is 0 Å². The quantitative estimate of drug-likeness (QED) is 0.745. The fourth-order valence-electron chi connectivity index (χ4n) is 3.03. The van der Waals surface area contributed by atoms with E-state index in [-0.39, 0.29) is 11.5 Å². The highest BCUT2D eigenvalue weighted by Gasteiger charge is 2.37. The molecule has 0 saturated carbocycles. The molecule has 0 aliphatic carbocycles. The number of amides is 1. The Bertz CT molecular complexity index is 491. The smallest absolute Gasteiger partial charge is 0.255 e. The maximum absolute atomic E-state index is 12.4. The van der Waals surface area contributed by atoms with E-state index in [0.717, 1.165) is 26.1 Å². The minimum atomic E-state index is -0.175. The Morgan fingerprint density at radius 2 is 2.22 bits per heavy atom. The first-order valence-corrected chi connectivity index (χ1v) is 6.46. The molecule has 0 radical (unpaired) electrons. The minimum Gasteiger partial charge on any atom is -0.334 e. The predicted molar refractivity (Wildman–Crippen MR) is 67.5 cm³/mol. The summed E-state index contributed by atoms with van der Waals surface area (Å²) in [4.78, 5) is 28.0. The lowest BCUT2D eigenvalue weighted by atomic mass is 9.91. The summed E-state index contributed by atoms with van der Waals surface area (Å²) in [5, 5.41) is 3.36. The van der Waals surface area contributed by atoms with Gasteiger partial charge in [0.05, 0.1) is 5.56 Å². The zero-order valence-corrected chi connectivity index (χ0v) is 10.2. The van der Waals surface area contributed by atoms with Crippen LogP contribution in [0.5, 0.6) is 0 Å². The van der Waals surface area contributed by atoms with Crippen LogP contribution < -0.4 is 10.9 Å². The van der Waals surface area contributed by atoms with Crippen LogP contribution in [0.4, 0.5) is 0 Å². The molecule has 2 atom stereocenters. The van der Waals surface area contributed by atoms with Gasteiger partial charge in [-0.15, -0.1) is 0 Å². The zero-order valence-electron chi connectivity index (χ0n) is 10.2. The zero-order chi connectivity index (χ0) is 12.5. The standard InChI is InChI=1S/C13H17N3O2/c17-12-4-3-10(7-15-12)13(18)16-5-1-2-9-6-14-8-11(9)16/h3-4,7,9,11,14H,1-2,5-6,8H2,(H,15,17). The second-order valence-corrected chi connectivity index (χ2v) is 5.07. The van der Waals surface area contributed by atoms with E-state index in [0.29, 0.717) is 17.5 Å². The lowest BCUT2D eigenvalue weighted by Gasteiger charge is -2.37. The monoisotopic (exact) mass is 247 g/mol. The van der Waals surface area contributed by atoms with Crippen molar-refractivity contribution in [2.45, 2.75) is 18.9 Å². The summed E-state index contributed by atoms with van der Waals surface area (Å²) in [6.07, 6.45) is 3.78. The molecule has 0 aromatic carbocycles. The number of carbonyl (C=O) groups excluding carboxylic acids is 1. The van der Waals surface area contributed by atoms with Gasteiger partial charge in [0.15, 0.2) is 0 Å². The number of rotatable bonds is 1. The highest BCUT2D eigenvalue weighted by molar-refractivity contribution is 5.94. The van der Waals surface area contributed by atoms with Crippen LogP contribution in [0, 0.1) is 5.92 Å². The third kappa shape index (κ3) is 1.95. The summed E-state index contributed by atoms with van der Waals surface area (Å²) < 4.78 is 0. The Balaban J connectivity index is 1.83. The van der Waals surface area contributed by atoms with Crippen LogP contribution in [0.2, 0.25) is 0 Å². The number of aromatic nitrogens is 1. The Hall–Kier alpha value is -1.62. The molecule has 2 saturated heterocycles. The number of hydrogen-bond donors (Lipinski definition) is 2. The fraction of sp³-hybridized carbons (Fsp3) is 0.538. The molecular formula is C13H17N3O2. The van der Waals surface area contributed by atoms with Crippen molar-refractivity contribution in [2.24, 2.45) is 5.92 Å². The van der Waals surface area contributed by atoms with Gasteiger partial charge in [0.1, 0.15) is 0 Å². The van der Waals surface area contributed by atoms with Gasteiger partial charge in [-0.25, -0.2) is 0 Å². The first-order valence-electron chi connectivity index (χ1n) is 6.46. The van der Waals surface area contributed by atoms with Crippen molar-refractivity contribution >= 4 is 5.91 Å². The van der Waals surface area contributed by atoms with Crippen molar-refractivity contribution in [2.75, 3.05) is 19.6 Å². The summed E-state index contributed by atoms with van der Waals surface area (Å²) >= 11 is 0. The molecule has 2 unspecified atom stereocenters. The first-order chi connectivity index (χ1) is 8.75. The topological polar surface area (TPSA) is 65.2 Å². The average molecular weight is 247 g/mol. The molecule has 2 N–H and O–H groups in total. The number of aromatic amines is 1. The van der Waals surface area contributed by atoms with Crippen molar-refractivity contribution in [3.63, 3.8) is 0 Å². The van der Waals surface area contributed by atoms with Gasteiger partial charge >= 0.3 is 0 Å². The van der Waals surface area contributed by atoms with Crippen LogP contribution in [0.1, 0.15) is 23.2 Å². The van der Waals surface area contributed by atoms with Gasteiger partial charge in [0.2, 0.25) is 5.56 Å². The minimum absolute atomic E-state index is 0.0321. The highest BCUT2D eigenvalue weighted by Crippen LogP contribution is 2.27. The van der Waals surface area contributed by atoms with Crippen molar-refractivity contribution in [3.8, 4) is 0 Å². The van der Waals surface area contributed by atoms with E-state index in [9.17, 15) is 9.59 Å². The van der Waals surface area contributed by atoms with Crippen LogP contribution in [0.25, 0.3) is 0 Å². The first kappa shape index (κ1) is 11.5. The average Bonchev–Trinajstić information content (AvgIpc) is 2.87. The lowest BCUT2D eigenvalue weighted by molar-refractivity contribution is 0.0574. The van der Waals surface area contributed by atoms with Crippen LogP contribution in [-0.2, 0) is 0 Å². The summed E-state index contributed by atoms with van der Waals surface area (Å²) in [6, 6.07) is 3.33. The number of H-pyrrole nitrogens is 1. The number of carbonyl (C=O) groups is 1. The molecule has 3 heterocycles. The van der Waals surface area contributed by atoms with E-state index in [1.807, 2.05) is 4.90 Å². The summed E-state index contributed by atoms with van der Waals surface area (Å²) in [7, 11) is 0. The van der Waals surface area contributed by atoms with Gasteiger partial charge in [0, 0.05) is 37.9 Å². The molecule has 2 aliphatic heterocycles. The third-order valence-electron chi connectivity index (χ3n) is 3.97. The van der Waals surface area contributed by atoms with Crippen molar-refractivity contribution in [1.29, 1.82) is 0 Å². The maximum atomic E-state index is 12.4. The molecule has 2 aliphatic rings. The van der Waals surface area contributed by atoms with E-state index < -0.39 is 0 Å². The number of likely N-dealkylation sites (tertiary alicyclic amines) is 1. The van der Waals surface area contributed by atoms with Gasteiger partial charge < -0.3 is 15.2 Å². The van der Waals surface area contributed by atoms with Gasteiger partial charge in [0.25, 0.3) is 5.91 Å². The molecule has 1 amide bonds. The van der Waals surface area contributed by atoms with Crippen LogP contribution in [0.3, 0.4) is 0 Å². The van der Waals surface area contributed by atoms with Crippen molar-refractivity contribution in [1.82, 2.24) is 15.2 Å². The molecule has 96 valence electrons. The second kappa shape index (κ2) is 4.57. The molecule has 2 fully saturated rings. The van der Waals surface area contributed by atoms with E-state index in [1.54, 1.807) is 6.07 Å². The largest absolute Gasteiger partial charge is 0.334 e. The molecule has 0 spiro atoms. The molecule has 0 bridgehead atoms. The number of nitrogens with one attached hydrogen (secondary N) is 2. The second-order valence-electron chi connectivity index (χ2n) is 5.07. The van der Waals surface area contributed by atoms with Gasteiger partial charge in [-0.1, -0.05) is 0 Å². The summed E-state index contributed by atoms with van der Waals surface area (Å²) in [5.41, 5.74) is 0.396. The normalized spacial score (nSPS) is 27.0. The third-order valence-corrected chi connectivity index (χ3v) is 3.97. The molecular weight excluding hydrogens is 230 g/mol. The molecule has 1 aromatic heterocycles. The van der Waals surface area contributed by atoms with Crippen molar-refractivity contribution in [3.05, 3.63) is 34.2 Å². The van der Waals surface area contributed by atoms with Crippen LogP contribution in [0.15, 0.2) is 23.1 Å². The van der Waals surface area contributed by atoms with Crippen LogP contribution in [-0.4, -0.2) is 41.5 Å². The predicted octanol–water partition coefficient (Wildman–Crippen LogP) is 0.199. The number of piperidine rings is 1. The molecule has 18 heavy (non-hydrogen) atoms. The maximum Gasteiger partial charge on any atom is 0.255 e. The lowest BCUT2D eigenvalue weighted by Crippen LogP contribution is -2.48. The Labute approximate surface area is 105 Å². The Morgan fingerprint density at radius 1 is 1.33 bits per heavy atom. The van der Waals surface area contributed by atoms with E-state index in [4.69, 9.17) is 0 Å². The van der Waals surface area contributed by atoms with Gasteiger partial charge in [-0.2, -0.15) is 0 Å². The molecule has 5 nitrogen and oxygen atoms in total. The molecule has 1 aromatic rings. The van der Waals surface area contributed by atoms with Crippen LogP contribution >= 0.6 is 0 Å². The number of hydrogen-bond acceptors (Lipinski definition) is 3. The van der Waals surface area contributed by atoms with E-state index in [1.165, 1.54) is 18.7 Å². The SMILES string of the molecule is O=C(c1ccc(=O)[nH]c1)N1CCCC2CNCC21. The summed E-state index contributed by atoms with van der Waals surface area (Å²) in [6.45, 7) is 2.72. The van der Waals surface area contributed by atoms with E-state index in [2.05, 4.69) is 10.3 Å².